The van der Waals surface area contributed by atoms with Crippen LogP contribution in [-0.4, -0.2) is 25.6 Å². The van der Waals surface area contributed by atoms with E-state index in [1.54, 1.807) is 0 Å². The molecule has 1 aromatic heterocycles. The molecule has 0 fully saturated rings. The number of aromatic nitrogens is 1. The maximum absolute atomic E-state index is 4.71. The number of nitrogens with one attached hydrogen (secondary N) is 1. The quantitative estimate of drug-likeness (QED) is 0.872. The standard InChI is InChI=1S/C17H25N3/c1-13(2)9-10-20(4)17-11-14(12-18-3)19-16-8-6-5-7-15(16)17/h5-8,11,13,18H,9-10,12H2,1-4H3. The van der Waals surface area contributed by atoms with Crippen LogP contribution in [0.1, 0.15) is 26.0 Å². The van der Waals surface area contributed by atoms with Gasteiger partial charge in [-0.3, -0.25) is 4.98 Å². The van der Waals surface area contributed by atoms with Crippen molar-refractivity contribution in [3.05, 3.63) is 36.0 Å². The molecule has 1 heterocycles. The Hall–Kier alpha value is -1.61. The molecule has 20 heavy (non-hydrogen) atoms. The Balaban J connectivity index is 2.38. The second kappa shape index (κ2) is 6.71. The Morgan fingerprint density at radius 3 is 2.70 bits per heavy atom. The second-order valence-electron chi connectivity index (χ2n) is 5.78. The molecule has 0 bridgehead atoms. The zero-order valence-corrected chi connectivity index (χ0v) is 13.0. The van der Waals surface area contributed by atoms with E-state index in [0.717, 1.165) is 30.2 Å². The van der Waals surface area contributed by atoms with E-state index in [0.29, 0.717) is 0 Å². The lowest BCUT2D eigenvalue weighted by atomic mass is 10.1. The first-order valence-corrected chi connectivity index (χ1v) is 7.36. The molecule has 3 heteroatoms. The average Bonchev–Trinajstić information content (AvgIpc) is 2.44. The Kier molecular flexibility index (Phi) is 4.96. The fourth-order valence-electron chi connectivity index (χ4n) is 2.37. The number of rotatable bonds is 6. The van der Waals surface area contributed by atoms with Gasteiger partial charge >= 0.3 is 0 Å². The van der Waals surface area contributed by atoms with Gasteiger partial charge < -0.3 is 10.2 Å². The van der Waals surface area contributed by atoms with Crippen molar-refractivity contribution in [1.29, 1.82) is 0 Å². The molecule has 0 aliphatic carbocycles. The molecule has 2 aromatic rings. The minimum atomic E-state index is 0.724. The van der Waals surface area contributed by atoms with Crippen LogP contribution in [0, 0.1) is 5.92 Å². The summed E-state index contributed by atoms with van der Waals surface area (Å²) in [6.07, 6.45) is 1.20. The van der Waals surface area contributed by atoms with Gasteiger partial charge in [0.2, 0.25) is 0 Å². The van der Waals surface area contributed by atoms with Crippen molar-refractivity contribution in [2.45, 2.75) is 26.8 Å². The van der Waals surface area contributed by atoms with Crippen molar-refractivity contribution in [2.24, 2.45) is 5.92 Å². The number of hydrogen-bond acceptors (Lipinski definition) is 3. The molecule has 1 N–H and O–H groups in total. The lowest BCUT2D eigenvalue weighted by molar-refractivity contribution is 0.585. The number of pyridine rings is 1. The number of anilines is 1. The smallest absolute Gasteiger partial charge is 0.0726 e. The molecule has 0 aliphatic rings. The van der Waals surface area contributed by atoms with E-state index in [4.69, 9.17) is 4.98 Å². The molecule has 2 rings (SSSR count). The molecule has 1 aromatic carbocycles. The molecule has 0 unspecified atom stereocenters. The molecular weight excluding hydrogens is 246 g/mol. The van der Waals surface area contributed by atoms with Crippen molar-refractivity contribution in [2.75, 3.05) is 25.5 Å². The molecule has 0 amide bonds. The number of hydrogen-bond donors (Lipinski definition) is 1. The molecule has 0 atom stereocenters. The summed E-state index contributed by atoms with van der Waals surface area (Å²) in [5.41, 5.74) is 3.45. The predicted octanol–water partition coefficient (Wildman–Crippen LogP) is 3.44. The Labute approximate surface area is 122 Å². The van der Waals surface area contributed by atoms with Crippen LogP contribution < -0.4 is 10.2 Å². The SMILES string of the molecule is CNCc1cc(N(C)CCC(C)C)c2ccccc2n1. The van der Waals surface area contributed by atoms with Crippen LogP contribution in [-0.2, 0) is 6.54 Å². The first kappa shape index (κ1) is 14.8. The van der Waals surface area contributed by atoms with Gasteiger partial charge in [0.05, 0.1) is 11.2 Å². The lowest BCUT2D eigenvalue weighted by Gasteiger charge is -2.23. The highest BCUT2D eigenvalue weighted by atomic mass is 15.1. The molecule has 0 aliphatic heterocycles. The van der Waals surface area contributed by atoms with Crippen molar-refractivity contribution < 1.29 is 0 Å². The second-order valence-corrected chi connectivity index (χ2v) is 5.78. The van der Waals surface area contributed by atoms with Crippen molar-refractivity contribution in [3.8, 4) is 0 Å². The van der Waals surface area contributed by atoms with Crippen LogP contribution in [0.2, 0.25) is 0 Å². The fourth-order valence-corrected chi connectivity index (χ4v) is 2.37. The van der Waals surface area contributed by atoms with E-state index >= 15 is 0 Å². The van der Waals surface area contributed by atoms with Crippen LogP contribution in [0.25, 0.3) is 10.9 Å². The van der Waals surface area contributed by atoms with E-state index in [1.165, 1.54) is 17.5 Å². The first-order valence-electron chi connectivity index (χ1n) is 7.36. The number of nitrogens with zero attached hydrogens (tertiary/aromatic N) is 2. The lowest BCUT2D eigenvalue weighted by Crippen LogP contribution is -2.21. The van der Waals surface area contributed by atoms with Gasteiger partial charge in [-0.1, -0.05) is 32.0 Å². The van der Waals surface area contributed by atoms with Crippen LogP contribution in [0.15, 0.2) is 30.3 Å². The summed E-state index contributed by atoms with van der Waals surface area (Å²) in [4.78, 5) is 7.06. The zero-order chi connectivity index (χ0) is 14.5. The number of para-hydroxylation sites is 1. The molecule has 108 valence electrons. The Morgan fingerprint density at radius 2 is 2.00 bits per heavy atom. The number of fused-ring (bicyclic) bond motifs is 1. The van der Waals surface area contributed by atoms with E-state index < -0.39 is 0 Å². The van der Waals surface area contributed by atoms with Gasteiger partial charge in [-0.05, 0) is 31.5 Å². The molecule has 0 spiro atoms. The van der Waals surface area contributed by atoms with Crippen LogP contribution >= 0.6 is 0 Å². The van der Waals surface area contributed by atoms with Crippen LogP contribution in [0.3, 0.4) is 0 Å². The maximum Gasteiger partial charge on any atom is 0.0726 e. The van der Waals surface area contributed by atoms with Gasteiger partial charge in [0.15, 0.2) is 0 Å². The van der Waals surface area contributed by atoms with Gasteiger partial charge in [0, 0.05) is 31.2 Å². The van der Waals surface area contributed by atoms with Gasteiger partial charge in [0.25, 0.3) is 0 Å². The summed E-state index contributed by atoms with van der Waals surface area (Å²) in [5.74, 6) is 0.724. The molecule has 0 radical (unpaired) electrons. The molecular formula is C17H25N3. The van der Waals surface area contributed by atoms with Crippen molar-refractivity contribution >= 4 is 16.6 Å². The molecule has 0 saturated carbocycles. The third-order valence-corrected chi connectivity index (χ3v) is 3.56. The first-order chi connectivity index (χ1) is 9.61. The molecule has 3 nitrogen and oxygen atoms in total. The Morgan fingerprint density at radius 1 is 1.25 bits per heavy atom. The van der Waals surface area contributed by atoms with E-state index in [2.05, 4.69) is 61.4 Å². The summed E-state index contributed by atoms with van der Waals surface area (Å²) in [7, 11) is 4.13. The van der Waals surface area contributed by atoms with Crippen LogP contribution in [0.4, 0.5) is 5.69 Å². The average molecular weight is 271 g/mol. The van der Waals surface area contributed by atoms with Crippen molar-refractivity contribution in [1.82, 2.24) is 10.3 Å². The third-order valence-electron chi connectivity index (χ3n) is 3.56. The zero-order valence-electron chi connectivity index (χ0n) is 13.0. The highest BCUT2D eigenvalue weighted by Crippen LogP contribution is 2.26. The summed E-state index contributed by atoms with van der Waals surface area (Å²) in [6, 6.07) is 10.6. The maximum atomic E-state index is 4.71. The normalized spacial score (nSPS) is 11.2. The molecule has 0 saturated heterocycles. The summed E-state index contributed by atoms with van der Waals surface area (Å²) in [6.45, 7) is 6.41. The van der Waals surface area contributed by atoms with Gasteiger partial charge in [-0.25, -0.2) is 0 Å². The van der Waals surface area contributed by atoms with Crippen molar-refractivity contribution in [3.63, 3.8) is 0 Å². The largest absolute Gasteiger partial charge is 0.374 e. The van der Waals surface area contributed by atoms with E-state index in [-0.39, 0.29) is 0 Å². The fraction of sp³-hybridized carbons (Fsp3) is 0.471. The highest BCUT2D eigenvalue weighted by molar-refractivity contribution is 5.91. The van der Waals surface area contributed by atoms with E-state index in [1.807, 2.05) is 7.05 Å². The summed E-state index contributed by atoms with van der Waals surface area (Å²) in [5, 5.41) is 4.42. The third kappa shape index (κ3) is 3.48. The minimum Gasteiger partial charge on any atom is -0.374 e. The monoisotopic (exact) mass is 271 g/mol. The number of benzene rings is 1. The minimum absolute atomic E-state index is 0.724. The Bertz CT molecular complexity index is 563. The van der Waals surface area contributed by atoms with Gasteiger partial charge in [0.1, 0.15) is 0 Å². The highest BCUT2D eigenvalue weighted by Gasteiger charge is 2.09. The van der Waals surface area contributed by atoms with Gasteiger partial charge in [-0.2, -0.15) is 0 Å². The topological polar surface area (TPSA) is 28.2 Å². The van der Waals surface area contributed by atoms with Gasteiger partial charge in [-0.15, -0.1) is 0 Å². The predicted molar refractivity (Wildman–Crippen MR) is 87.2 cm³/mol. The summed E-state index contributed by atoms with van der Waals surface area (Å²) >= 11 is 0. The van der Waals surface area contributed by atoms with Crippen LogP contribution in [0.5, 0.6) is 0 Å². The summed E-state index contributed by atoms with van der Waals surface area (Å²) < 4.78 is 0. The van der Waals surface area contributed by atoms with E-state index in [9.17, 15) is 0 Å².